The van der Waals surface area contributed by atoms with Gasteiger partial charge in [0.1, 0.15) is 0 Å². The van der Waals surface area contributed by atoms with Crippen LogP contribution in [0.25, 0.3) is 0 Å². The number of carbonyl (C=O) groups is 1. The number of nitrogens with zero attached hydrogens (tertiary/aromatic N) is 1. The summed E-state index contributed by atoms with van der Waals surface area (Å²) in [5.41, 5.74) is -0.170. The molecule has 0 aliphatic heterocycles. The molecule has 0 unspecified atom stereocenters. The Hall–Kier alpha value is -1.52. The summed E-state index contributed by atoms with van der Waals surface area (Å²) in [4.78, 5) is 13.3. The first-order valence-electron chi connectivity index (χ1n) is 5.45. The SMILES string of the molecule is CCCN(CC)C(=O)c1cc(F)c(F)c(F)c1. The van der Waals surface area contributed by atoms with Gasteiger partial charge in [0, 0.05) is 18.7 Å². The Morgan fingerprint density at radius 2 is 1.71 bits per heavy atom. The quantitative estimate of drug-likeness (QED) is 0.747. The van der Waals surface area contributed by atoms with Crippen LogP contribution < -0.4 is 0 Å². The lowest BCUT2D eigenvalue weighted by Crippen LogP contribution is -2.31. The molecular formula is C12H14F3NO. The molecule has 0 bridgehead atoms. The molecular weight excluding hydrogens is 231 g/mol. The normalized spacial score (nSPS) is 10.4. The average Bonchev–Trinajstić information content (AvgIpc) is 2.31. The highest BCUT2D eigenvalue weighted by atomic mass is 19.2. The van der Waals surface area contributed by atoms with E-state index >= 15 is 0 Å². The van der Waals surface area contributed by atoms with Gasteiger partial charge in [-0.2, -0.15) is 0 Å². The number of benzene rings is 1. The van der Waals surface area contributed by atoms with Gasteiger partial charge in [0.2, 0.25) is 0 Å². The Morgan fingerprint density at radius 1 is 1.18 bits per heavy atom. The Bertz CT molecular complexity index is 397. The van der Waals surface area contributed by atoms with E-state index in [4.69, 9.17) is 0 Å². The van der Waals surface area contributed by atoms with Crippen LogP contribution in [0.5, 0.6) is 0 Å². The first-order valence-corrected chi connectivity index (χ1v) is 5.45. The lowest BCUT2D eigenvalue weighted by Gasteiger charge is -2.20. The van der Waals surface area contributed by atoms with Gasteiger partial charge < -0.3 is 4.90 Å². The van der Waals surface area contributed by atoms with E-state index in [0.29, 0.717) is 13.1 Å². The van der Waals surface area contributed by atoms with Crippen LogP contribution in [0.15, 0.2) is 12.1 Å². The van der Waals surface area contributed by atoms with Crippen LogP contribution in [-0.2, 0) is 0 Å². The number of carbonyl (C=O) groups excluding carboxylic acids is 1. The first kappa shape index (κ1) is 13.5. The number of amides is 1. The van der Waals surface area contributed by atoms with Gasteiger partial charge in [-0.3, -0.25) is 4.79 Å². The first-order chi connectivity index (χ1) is 8.01. The van der Waals surface area contributed by atoms with Crippen molar-refractivity contribution >= 4 is 5.91 Å². The van der Waals surface area contributed by atoms with Crippen LogP contribution in [0, 0.1) is 17.5 Å². The Balaban J connectivity index is 3.03. The molecule has 2 nitrogen and oxygen atoms in total. The molecule has 5 heteroatoms. The van der Waals surface area contributed by atoms with Crippen molar-refractivity contribution in [3.63, 3.8) is 0 Å². The molecule has 0 radical (unpaired) electrons. The van der Waals surface area contributed by atoms with Crippen molar-refractivity contribution in [3.05, 3.63) is 35.1 Å². The highest BCUT2D eigenvalue weighted by molar-refractivity contribution is 5.94. The highest BCUT2D eigenvalue weighted by Gasteiger charge is 2.18. The lowest BCUT2D eigenvalue weighted by atomic mass is 10.1. The van der Waals surface area contributed by atoms with Crippen LogP contribution in [0.2, 0.25) is 0 Å². The number of hydrogen-bond donors (Lipinski definition) is 0. The van der Waals surface area contributed by atoms with Gasteiger partial charge in [-0.05, 0) is 25.5 Å². The van der Waals surface area contributed by atoms with Crippen molar-refractivity contribution in [2.75, 3.05) is 13.1 Å². The molecule has 0 aliphatic rings. The maximum Gasteiger partial charge on any atom is 0.254 e. The minimum Gasteiger partial charge on any atom is -0.339 e. The van der Waals surface area contributed by atoms with E-state index in [1.807, 2.05) is 6.92 Å². The van der Waals surface area contributed by atoms with Crippen LogP contribution in [0.1, 0.15) is 30.6 Å². The summed E-state index contributed by atoms with van der Waals surface area (Å²) < 4.78 is 38.7. The fourth-order valence-electron chi connectivity index (χ4n) is 1.53. The second kappa shape index (κ2) is 5.70. The summed E-state index contributed by atoms with van der Waals surface area (Å²) in [7, 11) is 0. The summed E-state index contributed by atoms with van der Waals surface area (Å²) >= 11 is 0. The summed E-state index contributed by atoms with van der Waals surface area (Å²) in [5.74, 6) is -4.74. The van der Waals surface area contributed by atoms with E-state index in [1.54, 1.807) is 6.92 Å². The van der Waals surface area contributed by atoms with Gasteiger partial charge in [-0.25, -0.2) is 13.2 Å². The molecule has 94 valence electrons. The van der Waals surface area contributed by atoms with Gasteiger partial charge in [-0.15, -0.1) is 0 Å². The van der Waals surface area contributed by atoms with E-state index in [9.17, 15) is 18.0 Å². The van der Waals surface area contributed by atoms with Gasteiger partial charge in [0.15, 0.2) is 17.5 Å². The molecule has 0 saturated heterocycles. The molecule has 0 atom stereocenters. The van der Waals surface area contributed by atoms with Crippen molar-refractivity contribution in [3.8, 4) is 0 Å². The Labute approximate surface area is 98.0 Å². The van der Waals surface area contributed by atoms with Crippen LogP contribution >= 0.6 is 0 Å². The summed E-state index contributed by atoms with van der Waals surface area (Å²) in [6.45, 7) is 4.59. The van der Waals surface area contributed by atoms with Crippen molar-refractivity contribution in [1.82, 2.24) is 4.90 Å². The van der Waals surface area contributed by atoms with Gasteiger partial charge in [0.05, 0.1) is 0 Å². The van der Waals surface area contributed by atoms with Gasteiger partial charge in [0.25, 0.3) is 5.91 Å². The maximum atomic E-state index is 13.0. The van der Waals surface area contributed by atoms with Crippen LogP contribution in [-0.4, -0.2) is 23.9 Å². The monoisotopic (exact) mass is 245 g/mol. The molecule has 0 fully saturated rings. The summed E-state index contributed by atoms with van der Waals surface area (Å²) in [6, 6.07) is 1.44. The van der Waals surface area contributed by atoms with Crippen LogP contribution in [0.4, 0.5) is 13.2 Å². The van der Waals surface area contributed by atoms with Crippen molar-refractivity contribution < 1.29 is 18.0 Å². The fraction of sp³-hybridized carbons (Fsp3) is 0.417. The molecule has 1 rings (SSSR count). The molecule has 0 saturated carbocycles. The highest BCUT2D eigenvalue weighted by Crippen LogP contribution is 2.15. The third-order valence-corrected chi connectivity index (χ3v) is 2.39. The number of rotatable bonds is 4. The van der Waals surface area contributed by atoms with E-state index in [2.05, 4.69) is 0 Å². The zero-order chi connectivity index (χ0) is 13.0. The average molecular weight is 245 g/mol. The molecule has 1 aromatic carbocycles. The summed E-state index contributed by atoms with van der Waals surface area (Å²) in [6.07, 6.45) is 0.742. The standard InChI is InChI=1S/C12H14F3NO/c1-3-5-16(4-2)12(17)8-6-9(13)11(15)10(14)7-8/h6-7H,3-5H2,1-2H3. The minimum atomic E-state index is -1.56. The third-order valence-electron chi connectivity index (χ3n) is 2.39. The molecule has 0 N–H and O–H groups in total. The summed E-state index contributed by atoms with van der Waals surface area (Å²) in [5, 5.41) is 0. The Morgan fingerprint density at radius 3 is 2.12 bits per heavy atom. The van der Waals surface area contributed by atoms with Gasteiger partial charge >= 0.3 is 0 Å². The lowest BCUT2D eigenvalue weighted by molar-refractivity contribution is 0.0763. The topological polar surface area (TPSA) is 20.3 Å². The predicted molar refractivity (Wildman–Crippen MR) is 58.2 cm³/mol. The van der Waals surface area contributed by atoms with Crippen molar-refractivity contribution in [2.45, 2.75) is 20.3 Å². The van der Waals surface area contributed by atoms with E-state index in [0.717, 1.165) is 18.6 Å². The zero-order valence-corrected chi connectivity index (χ0v) is 9.77. The van der Waals surface area contributed by atoms with E-state index in [-0.39, 0.29) is 5.56 Å². The molecule has 0 spiro atoms. The molecule has 1 aromatic rings. The van der Waals surface area contributed by atoms with E-state index in [1.165, 1.54) is 4.90 Å². The number of hydrogen-bond acceptors (Lipinski definition) is 1. The fourth-order valence-corrected chi connectivity index (χ4v) is 1.53. The van der Waals surface area contributed by atoms with E-state index < -0.39 is 23.4 Å². The second-order valence-corrected chi connectivity index (χ2v) is 3.64. The Kier molecular flexibility index (Phi) is 4.54. The smallest absolute Gasteiger partial charge is 0.254 e. The van der Waals surface area contributed by atoms with Crippen LogP contribution in [0.3, 0.4) is 0 Å². The predicted octanol–water partition coefficient (Wildman–Crippen LogP) is 2.98. The zero-order valence-electron chi connectivity index (χ0n) is 9.77. The number of halogens is 3. The third kappa shape index (κ3) is 2.99. The van der Waals surface area contributed by atoms with Gasteiger partial charge in [-0.1, -0.05) is 6.92 Å². The molecule has 0 aliphatic carbocycles. The molecule has 17 heavy (non-hydrogen) atoms. The minimum absolute atomic E-state index is 0.170. The molecule has 0 heterocycles. The largest absolute Gasteiger partial charge is 0.339 e. The second-order valence-electron chi connectivity index (χ2n) is 3.64. The maximum absolute atomic E-state index is 13.0. The molecule has 0 aromatic heterocycles. The molecule has 1 amide bonds. The van der Waals surface area contributed by atoms with Crippen molar-refractivity contribution in [2.24, 2.45) is 0 Å². The van der Waals surface area contributed by atoms with Crippen molar-refractivity contribution in [1.29, 1.82) is 0 Å².